The summed E-state index contributed by atoms with van der Waals surface area (Å²) in [5.41, 5.74) is 0.114. The number of amides is 1. The molecule has 0 fully saturated rings. The van der Waals surface area contributed by atoms with Crippen LogP contribution in [-0.2, 0) is 9.53 Å². The molecule has 0 spiro atoms. The van der Waals surface area contributed by atoms with E-state index >= 15 is 0 Å². The predicted octanol–water partition coefficient (Wildman–Crippen LogP) is 3.32. The number of carbonyl (C=O) groups is 2. The number of nitrogens with one attached hydrogen (secondary N) is 1. The van der Waals surface area contributed by atoms with Gasteiger partial charge in [0.2, 0.25) is 0 Å². The van der Waals surface area contributed by atoms with Crippen molar-refractivity contribution in [3.63, 3.8) is 0 Å². The molecule has 1 amide bonds. The summed E-state index contributed by atoms with van der Waals surface area (Å²) in [6.07, 6.45) is 1.58. The van der Waals surface area contributed by atoms with Crippen molar-refractivity contribution in [2.45, 2.75) is 58.6 Å². The van der Waals surface area contributed by atoms with Crippen LogP contribution in [-0.4, -0.2) is 23.5 Å². The second-order valence-electron chi connectivity index (χ2n) is 6.14. The van der Waals surface area contributed by atoms with Gasteiger partial charge in [-0.25, -0.2) is 4.79 Å². The summed E-state index contributed by atoms with van der Waals surface area (Å²) in [6, 6.07) is 8.74. The normalized spacial score (nSPS) is 12.6. The van der Waals surface area contributed by atoms with Gasteiger partial charge in [-0.1, -0.05) is 31.5 Å². The van der Waals surface area contributed by atoms with Crippen LogP contribution in [0.1, 0.15) is 57.3 Å². The van der Waals surface area contributed by atoms with Gasteiger partial charge in [-0.15, -0.1) is 0 Å². The smallest absolute Gasteiger partial charge is 0.338 e. The second-order valence-corrected chi connectivity index (χ2v) is 6.14. The Morgan fingerprint density at radius 3 is 2.33 bits per heavy atom. The maximum atomic E-state index is 12.2. The van der Waals surface area contributed by atoms with E-state index in [4.69, 9.17) is 4.74 Å². The first-order valence-electron chi connectivity index (χ1n) is 7.41. The maximum absolute atomic E-state index is 12.2. The fourth-order valence-corrected chi connectivity index (χ4v) is 1.85. The number of ether oxygens (including phenoxy) is 1. The summed E-state index contributed by atoms with van der Waals surface area (Å²) < 4.78 is 5.40. The van der Waals surface area contributed by atoms with Crippen molar-refractivity contribution in [2.75, 3.05) is 0 Å². The van der Waals surface area contributed by atoms with E-state index in [-0.39, 0.29) is 11.4 Å². The third kappa shape index (κ3) is 6.43. The third-order valence-electron chi connectivity index (χ3n) is 2.87. The molecule has 0 aromatic heterocycles. The van der Waals surface area contributed by atoms with Gasteiger partial charge < -0.3 is 10.1 Å². The van der Waals surface area contributed by atoms with Crippen LogP contribution in [0.15, 0.2) is 30.3 Å². The standard InChI is InChI=1S/C17H25NO3/c1-5-6-12-14(15(19)18-17(2,3)4)21-16(20)13-10-8-7-9-11-13/h7-11,14H,5-6,12H2,1-4H3,(H,18,19). The van der Waals surface area contributed by atoms with Crippen LogP contribution in [0, 0.1) is 0 Å². The van der Waals surface area contributed by atoms with E-state index in [1.54, 1.807) is 24.3 Å². The van der Waals surface area contributed by atoms with Crippen molar-refractivity contribution in [2.24, 2.45) is 0 Å². The van der Waals surface area contributed by atoms with Crippen LogP contribution >= 0.6 is 0 Å². The molecule has 0 aliphatic heterocycles. The van der Waals surface area contributed by atoms with Crippen LogP contribution in [0.3, 0.4) is 0 Å². The molecular formula is C17H25NO3. The Labute approximate surface area is 126 Å². The molecule has 116 valence electrons. The highest BCUT2D eigenvalue weighted by molar-refractivity contribution is 5.92. The minimum atomic E-state index is -0.739. The lowest BCUT2D eigenvalue weighted by atomic mass is 10.1. The average molecular weight is 291 g/mol. The highest BCUT2D eigenvalue weighted by Crippen LogP contribution is 2.11. The van der Waals surface area contributed by atoms with Gasteiger partial charge in [0.05, 0.1) is 5.56 Å². The largest absolute Gasteiger partial charge is 0.449 e. The van der Waals surface area contributed by atoms with Gasteiger partial charge in [0, 0.05) is 5.54 Å². The molecule has 0 radical (unpaired) electrons. The lowest BCUT2D eigenvalue weighted by molar-refractivity contribution is -0.131. The molecule has 0 saturated heterocycles. The molecule has 0 bridgehead atoms. The number of esters is 1. The Morgan fingerprint density at radius 2 is 1.81 bits per heavy atom. The van der Waals surface area contributed by atoms with E-state index in [1.165, 1.54) is 0 Å². The first-order valence-corrected chi connectivity index (χ1v) is 7.41. The van der Waals surface area contributed by atoms with E-state index in [1.807, 2.05) is 33.8 Å². The first kappa shape index (κ1) is 17.2. The van der Waals surface area contributed by atoms with Crippen molar-refractivity contribution in [1.82, 2.24) is 5.32 Å². The third-order valence-corrected chi connectivity index (χ3v) is 2.87. The van der Waals surface area contributed by atoms with Gasteiger partial charge in [0.1, 0.15) is 0 Å². The number of benzene rings is 1. The van der Waals surface area contributed by atoms with Crippen LogP contribution in [0.25, 0.3) is 0 Å². The number of hydrogen-bond donors (Lipinski definition) is 1. The zero-order valence-electron chi connectivity index (χ0n) is 13.3. The van der Waals surface area contributed by atoms with Gasteiger partial charge >= 0.3 is 5.97 Å². The molecule has 0 aliphatic rings. The topological polar surface area (TPSA) is 55.4 Å². The summed E-state index contributed by atoms with van der Waals surface area (Å²) >= 11 is 0. The van der Waals surface area contributed by atoms with E-state index in [2.05, 4.69) is 5.32 Å². The zero-order chi connectivity index (χ0) is 15.9. The molecule has 1 rings (SSSR count). The number of carbonyl (C=O) groups excluding carboxylic acids is 2. The lowest BCUT2D eigenvalue weighted by Crippen LogP contribution is -2.47. The van der Waals surface area contributed by atoms with Crippen molar-refractivity contribution in [1.29, 1.82) is 0 Å². The van der Waals surface area contributed by atoms with Gasteiger partial charge in [-0.05, 0) is 45.7 Å². The summed E-state index contributed by atoms with van der Waals surface area (Å²) in [5.74, 6) is -0.694. The number of unbranched alkanes of at least 4 members (excludes halogenated alkanes) is 1. The molecule has 4 nitrogen and oxygen atoms in total. The van der Waals surface area contributed by atoms with Crippen molar-refractivity contribution in [3.05, 3.63) is 35.9 Å². The minimum absolute atomic E-state index is 0.236. The number of rotatable bonds is 6. The molecule has 0 heterocycles. The Bertz CT molecular complexity index is 463. The van der Waals surface area contributed by atoms with Crippen LogP contribution in [0.2, 0.25) is 0 Å². The number of hydrogen-bond acceptors (Lipinski definition) is 3. The molecule has 4 heteroatoms. The highest BCUT2D eigenvalue weighted by Gasteiger charge is 2.26. The van der Waals surface area contributed by atoms with Crippen LogP contribution in [0.4, 0.5) is 0 Å². The summed E-state index contributed by atoms with van der Waals surface area (Å²) in [4.78, 5) is 24.3. The molecule has 1 aromatic carbocycles. The average Bonchev–Trinajstić information content (AvgIpc) is 2.42. The van der Waals surface area contributed by atoms with Gasteiger partial charge in [0.25, 0.3) is 5.91 Å². The zero-order valence-corrected chi connectivity index (χ0v) is 13.3. The molecule has 21 heavy (non-hydrogen) atoms. The second kappa shape index (κ2) is 7.81. The molecule has 1 aromatic rings. The van der Waals surface area contributed by atoms with Gasteiger partial charge in [-0.2, -0.15) is 0 Å². The summed E-state index contributed by atoms with van der Waals surface area (Å²) in [6.45, 7) is 7.75. The molecule has 1 unspecified atom stereocenters. The molecule has 0 saturated carbocycles. The van der Waals surface area contributed by atoms with E-state index in [0.717, 1.165) is 12.8 Å². The fourth-order valence-electron chi connectivity index (χ4n) is 1.85. The van der Waals surface area contributed by atoms with Gasteiger partial charge in [0.15, 0.2) is 6.10 Å². The molecule has 1 atom stereocenters. The van der Waals surface area contributed by atoms with E-state index < -0.39 is 12.1 Å². The Hall–Kier alpha value is -1.84. The molecule has 0 aliphatic carbocycles. The Kier molecular flexibility index (Phi) is 6.40. The predicted molar refractivity (Wildman–Crippen MR) is 83.1 cm³/mol. The first-order chi connectivity index (χ1) is 9.83. The van der Waals surface area contributed by atoms with Gasteiger partial charge in [-0.3, -0.25) is 4.79 Å². The fraction of sp³-hybridized carbons (Fsp3) is 0.529. The summed E-state index contributed by atoms with van der Waals surface area (Å²) in [5, 5.41) is 2.87. The van der Waals surface area contributed by atoms with Crippen molar-refractivity contribution in [3.8, 4) is 0 Å². The monoisotopic (exact) mass is 291 g/mol. The maximum Gasteiger partial charge on any atom is 0.338 e. The van der Waals surface area contributed by atoms with E-state index in [9.17, 15) is 9.59 Å². The van der Waals surface area contributed by atoms with Crippen molar-refractivity contribution >= 4 is 11.9 Å². The van der Waals surface area contributed by atoms with E-state index in [0.29, 0.717) is 12.0 Å². The quantitative estimate of drug-likeness (QED) is 0.818. The molecular weight excluding hydrogens is 266 g/mol. The Balaban J connectivity index is 2.73. The van der Waals surface area contributed by atoms with Crippen molar-refractivity contribution < 1.29 is 14.3 Å². The Morgan fingerprint density at radius 1 is 1.19 bits per heavy atom. The summed E-state index contributed by atoms with van der Waals surface area (Å²) in [7, 11) is 0. The lowest BCUT2D eigenvalue weighted by Gasteiger charge is -2.25. The van der Waals surface area contributed by atoms with Crippen LogP contribution in [0.5, 0.6) is 0 Å². The minimum Gasteiger partial charge on any atom is -0.449 e. The highest BCUT2D eigenvalue weighted by atomic mass is 16.5. The van der Waals surface area contributed by atoms with Crippen LogP contribution < -0.4 is 5.32 Å². The molecule has 1 N–H and O–H groups in total. The SMILES string of the molecule is CCCCC(OC(=O)c1ccccc1)C(=O)NC(C)(C)C.